The minimum Gasteiger partial charge on any atom is -0.348 e. The number of hydrogen-bond acceptors (Lipinski definition) is 2. The second kappa shape index (κ2) is 8.42. The summed E-state index contributed by atoms with van der Waals surface area (Å²) in [6.07, 6.45) is 2.48. The SMILES string of the molecule is O=C(C=CC(=O)NCc1ccccc1)NCc1ccccc1. The number of nitrogens with one attached hydrogen (secondary N) is 2. The summed E-state index contributed by atoms with van der Waals surface area (Å²) in [6, 6.07) is 19.2. The van der Waals surface area contributed by atoms with Crippen LogP contribution in [0.5, 0.6) is 0 Å². The maximum Gasteiger partial charge on any atom is 0.244 e. The van der Waals surface area contributed by atoms with Crippen molar-refractivity contribution in [1.29, 1.82) is 0 Å². The normalized spacial score (nSPS) is 10.4. The molecule has 0 aliphatic rings. The molecule has 4 nitrogen and oxygen atoms in total. The molecule has 2 amide bonds. The molecule has 0 unspecified atom stereocenters. The summed E-state index contributed by atoms with van der Waals surface area (Å²) in [4.78, 5) is 23.2. The van der Waals surface area contributed by atoms with Gasteiger partial charge in [-0.3, -0.25) is 9.59 Å². The maximum atomic E-state index is 11.6. The maximum absolute atomic E-state index is 11.6. The summed E-state index contributed by atoms with van der Waals surface area (Å²) in [5, 5.41) is 5.44. The Morgan fingerprint density at radius 2 is 1.05 bits per heavy atom. The highest BCUT2D eigenvalue weighted by Crippen LogP contribution is 1.98. The van der Waals surface area contributed by atoms with Gasteiger partial charge in [-0.15, -0.1) is 0 Å². The Labute approximate surface area is 129 Å². The van der Waals surface area contributed by atoms with Crippen molar-refractivity contribution >= 4 is 11.8 Å². The van der Waals surface area contributed by atoms with Crippen molar-refractivity contribution in [2.75, 3.05) is 0 Å². The zero-order chi connectivity index (χ0) is 15.6. The van der Waals surface area contributed by atoms with Crippen molar-refractivity contribution in [2.45, 2.75) is 13.1 Å². The van der Waals surface area contributed by atoms with Gasteiger partial charge in [0.2, 0.25) is 11.8 Å². The molecule has 0 aliphatic heterocycles. The van der Waals surface area contributed by atoms with E-state index in [1.807, 2.05) is 60.7 Å². The first-order valence-corrected chi connectivity index (χ1v) is 7.05. The van der Waals surface area contributed by atoms with Gasteiger partial charge in [0.1, 0.15) is 0 Å². The summed E-state index contributed by atoms with van der Waals surface area (Å²) >= 11 is 0. The van der Waals surface area contributed by atoms with E-state index in [9.17, 15) is 9.59 Å². The molecule has 0 atom stereocenters. The van der Waals surface area contributed by atoms with Crippen LogP contribution < -0.4 is 10.6 Å². The molecule has 4 heteroatoms. The Hall–Kier alpha value is -2.88. The lowest BCUT2D eigenvalue weighted by molar-refractivity contribution is -0.118. The molecule has 0 aliphatic carbocycles. The number of benzene rings is 2. The highest BCUT2D eigenvalue weighted by molar-refractivity contribution is 5.96. The molecule has 0 radical (unpaired) electrons. The lowest BCUT2D eigenvalue weighted by atomic mass is 10.2. The molecule has 22 heavy (non-hydrogen) atoms. The second-order valence-electron chi connectivity index (χ2n) is 4.74. The van der Waals surface area contributed by atoms with Crippen molar-refractivity contribution in [3.05, 3.63) is 83.9 Å². The van der Waals surface area contributed by atoms with Crippen LogP contribution in [0.3, 0.4) is 0 Å². The van der Waals surface area contributed by atoms with Crippen molar-refractivity contribution in [3.8, 4) is 0 Å². The zero-order valence-electron chi connectivity index (χ0n) is 12.2. The Morgan fingerprint density at radius 1 is 0.682 bits per heavy atom. The number of amides is 2. The lowest BCUT2D eigenvalue weighted by Crippen LogP contribution is -2.23. The van der Waals surface area contributed by atoms with E-state index in [0.29, 0.717) is 13.1 Å². The van der Waals surface area contributed by atoms with Crippen LogP contribution >= 0.6 is 0 Å². The van der Waals surface area contributed by atoms with E-state index in [4.69, 9.17) is 0 Å². The Bertz CT molecular complexity index is 579. The summed E-state index contributed by atoms with van der Waals surface area (Å²) in [5.74, 6) is -0.586. The van der Waals surface area contributed by atoms with Crippen molar-refractivity contribution in [1.82, 2.24) is 10.6 Å². The van der Waals surface area contributed by atoms with Gasteiger partial charge in [-0.1, -0.05) is 60.7 Å². The third kappa shape index (κ3) is 5.63. The topological polar surface area (TPSA) is 58.2 Å². The lowest BCUT2D eigenvalue weighted by Gasteiger charge is -2.03. The van der Waals surface area contributed by atoms with Crippen LogP contribution in [0.15, 0.2) is 72.8 Å². The molecule has 0 fully saturated rings. The Kier molecular flexibility index (Phi) is 5.93. The van der Waals surface area contributed by atoms with Crippen molar-refractivity contribution in [3.63, 3.8) is 0 Å². The minimum atomic E-state index is -0.293. The van der Waals surface area contributed by atoms with Gasteiger partial charge >= 0.3 is 0 Å². The molecule has 0 saturated heterocycles. The average molecular weight is 294 g/mol. The molecule has 0 saturated carbocycles. The van der Waals surface area contributed by atoms with E-state index in [-0.39, 0.29) is 11.8 Å². The van der Waals surface area contributed by atoms with Gasteiger partial charge in [0.15, 0.2) is 0 Å². The first-order valence-electron chi connectivity index (χ1n) is 7.05. The molecule has 2 N–H and O–H groups in total. The fourth-order valence-electron chi connectivity index (χ4n) is 1.84. The standard InChI is InChI=1S/C18H18N2O2/c21-17(19-13-15-7-3-1-4-8-15)11-12-18(22)20-14-16-9-5-2-6-10-16/h1-12H,13-14H2,(H,19,21)(H,20,22). The van der Waals surface area contributed by atoms with E-state index in [1.165, 1.54) is 12.2 Å². The van der Waals surface area contributed by atoms with Crippen LogP contribution in [0, 0.1) is 0 Å². The predicted molar refractivity (Wildman–Crippen MR) is 85.7 cm³/mol. The molecule has 112 valence electrons. The van der Waals surface area contributed by atoms with Crippen LogP contribution in [0.2, 0.25) is 0 Å². The second-order valence-corrected chi connectivity index (χ2v) is 4.74. The molecule has 0 bridgehead atoms. The van der Waals surface area contributed by atoms with E-state index >= 15 is 0 Å². The highest BCUT2D eigenvalue weighted by atomic mass is 16.2. The van der Waals surface area contributed by atoms with Crippen LogP contribution in [0.1, 0.15) is 11.1 Å². The summed E-state index contributed by atoms with van der Waals surface area (Å²) in [5.41, 5.74) is 2.02. The average Bonchev–Trinajstić information content (AvgIpc) is 2.58. The van der Waals surface area contributed by atoms with Crippen LogP contribution in [0.25, 0.3) is 0 Å². The molecule has 2 aromatic carbocycles. The van der Waals surface area contributed by atoms with Gasteiger partial charge in [0.05, 0.1) is 0 Å². The molecule has 0 spiro atoms. The van der Waals surface area contributed by atoms with Gasteiger partial charge in [-0.05, 0) is 11.1 Å². The van der Waals surface area contributed by atoms with E-state index in [0.717, 1.165) is 11.1 Å². The smallest absolute Gasteiger partial charge is 0.244 e. The third-order valence-electron chi connectivity index (χ3n) is 3.01. The summed E-state index contributed by atoms with van der Waals surface area (Å²) in [6.45, 7) is 0.880. The van der Waals surface area contributed by atoms with Crippen LogP contribution in [0.4, 0.5) is 0 Å². The Morgan fingerprint density at radius 3 is 1.41 bits per heavy atom. The third-order valence-corrected chi connectivity index (χ3v) is 3.01. The summed E-state index contributed by atoms with van der Waals surface area (Å²) < 4.78 is 0. The van der Waals surface area contributed by atoms with Gasteiger partial charge < -0.3 is 10.6 Å². The fourth-order valence-corrected chi connectivity index (χ4v) is 1.84. The number of carbonyl (C=O) groups is 2. The highest BCUT2D eigenvalue weighted by Gasteiger charge is 1.99. The minimum absolute atomic E-state index is 0.293. The molecular weight excluding hydrogens is 276 g/mol. The van der Waals surface area contributed by atoms with E-state index in [2.05, 4.69) is 10.6 Å². The molecule has 0 aromatic heterocycles. The van der Waals surface area contributed by atoms with Gasteiger partial charge in [0.25, 0.3) is 0 Å². The number of rotatable bonds is 6. The monoisotopic (exact) mass is 294 g/mol. The van der Waals surface area contributed by atoms with Gasteiger partial charge in [-0.25, -0.2) is 0 Å². The molecule has 2 aromatic rings. The molecular formula is C18H18N2O2. The van der Waals surface area contributed by atoms with Crippen LogP contribution in [-0.4, -0.2) is 11.8 Å². The van der Waals surface area contributed by atoms with Gasteiger partial charge in [-0.2, -0.15) is 0 Å². The van der Waals surface area contributed by atoms with E-state index < -0.39 is 0 Å². The predicted octanol–water partition coefficient (Wildman–Crippen LogP) is 2.18. The fraction of sp³-hybridized carbons (Fsp3) is 0.111. The number of carbonyl (C=O) groups excluding carboxylic acids is 2. The summed E-state index contributed by atoms with van der Waals surface area (Å²) in [7, 11) is 0. The quantitative estimate of drug-likeness (QED) is 0.802. The Balaban J connectivity index is 1.71. The first-order chi connectivity index (χ1) is 10.7. The zero-order valence-corrected chi connectivity index (χ0v) is 12.2. The van der Waals surface area contributed by atoms with Crippen molar-refractivity contribution < 1.29 is 9.59 Å². The van der Waals surface area contributed by atoms with Crippen LogP contribution in [-0.2, 0) is 22.7 Å². The van der Waals surface area contributed by atoms with Gasteiger partial charge in [0, 0.05) is 25.2 Å². The van der Waals surface area contributed by atoms with Crippen molar-refractivity contribution in [2.24, 2.45) is 0 Å². The molecule has 2 rings (SSSR count). The number of hydrogen-bond donors (Lipinski definition) is 2. The van der Waals surface area contributed by atoms with E-state index in [1.54, 1.807) is 0 Å². The largest absolute Gasteiger partial charge is 0.348 e. The first kappa shape index (κ1) is 15.5. The molecule has 0 heterocycles.